The zero-order chi connectivity index (χ0) is 30.7. The summed E-state index contributed by atoms with van der Waals surface area (Å²) in [4.78, 5) is 46.8. The smallest absolute Gasteiger partial charge is 0.405 e. The molecule has 3 aromatic carbocycles. The third-order valence-electron chi connectivity index (χ3n) is 7.05. The zero-order valence-corrected chi connectivity index (χ0v) is 24.3. The predicted octanol–water partition coefficient (Wildman–Crippen LogP) is 4.29. The van der Waals surface area contributed by atoms with Gasteiger partial charge in [0.15, 0.2) is 0 Å². The number of carbonyl (C=O) groups excluding carboxylic acids is 2. The average molecular weight is 584 g/mol. The van der Waals surface area contributed by atoms with Gasteiger partial charge in [0.1, 0.15) is 18.4 Å². The molecule has 1 atom stereocenters. The zero-order valence-electron chi connectivity index (χ0n) is 24.3. The van der Waals surface area contributed by atoms with Crippen molar-refractivity contribution in [1.29, 1.82) is 0 Å². The number of carboxylic acid groups (broad SMARTS) is 1. The largest absolute Gasteiger partial charge is 0.489 e. The second kappa shape index (κ2) is 14.7. The Morgan fingerprint density at radius 2 is 1.63 bits per heavy atom. The summed E-state index contributed by atoms with van der Waals surface area (Å²) in [6.07, 6.45) is 1.70. The minimum atomic E-state index is -1.34. The first kappa shape index (κ1) is 30.8. The van der Waals surface area contributed by atoms with Crippen LogP contribution in [0, 0.1) is 0 Å². The Bertz CT molecular complexity index is 1460. The lowest BCUT2D eigenvalue weighted by Gasteiger charge is -2.29. The molecule has 224 valence electrons. The number of amides is 3. The molecular weight excluding hydrogens is 546 g/mol. The number of imidazole rings is 1. The number of hydrogen-bond donors (Lipinski definition) is 4. The number of benzene rings is 3. The molecule has 10 heteroatoms. The van der Waals surface area contributed by atoms with Crippen molar-refractivity contribution in [2.75, 3.05) is 13.1 Å². The summed E-state index contributed by atoms with van der Waals surface area (Å²) in [5.74, 6) is -0.217. The van der Waals surface area contributed by atoms with Crippen molar-refractivity contribution >= 4 is 17.9 Å². The van der Waals surface area contributed by atoms with Crippen LogP contribution in [0.3, 0.4) is 0 Å². The Balaban J connectivity index is 1.47. The maximum atomic E-state index is 13.8. The molecule has 1 unspecified atom stereocenters. The van der Waals surface area contributed by atoms with Gasteiger partial charge in [0.2, 0.25) is 11.8 Å². The van der Waals surface area contributed by atoms with Crippen molar-refractivity contribution < 1.29 is 24.2 Å². The Morgan fingerprint density at radius 3 is 2.26 bits per heavy atom. The van der Waals surface area contributed by atoms with Crippen LogP contribution in [0.5, 0.6) is 5.75 Å². The second-order valence-electron chi connectivity index (χ2n) is 10.9. The number of nitrogens with zero attached hydrogens (tertiary/aromatic N) is 2. The van der Waals surface area contributed by atoms with Crippen molar-refractivity contribution in [3.63, 3.8) is 0 Å². The van der Waals surface area contributed by atoms with Gasteiger partial charge in [-0.3, -0.25) is 9.59 Å². The summed E-state index contributed by atoms with van der Waals surface area (Å²) in [6, 6.07) is 25.8. The highest BCUT2D eigenvalue weighted by Crippen LogP contribution is 2.22. The van der Waals surface area contributed by atoms with E-state index in [1.54, 1.807) is 12.1 Å². The van der Waals surface area contributed by atoms with E-state index in [1.165, 1.54) is 17.4 Å². The molecule has 0 aliphatic rings. The minimum Gasteiger partial charge on any atom is -0.489 e. The lowest BCUT2D eigenvalue weighted by molar-refractivity contribution is -0.138. The summed E-state index contributed by atoms with van der Waals surface area (Å²) in [5.41, 5.74) is 3.12. The van der Waals surface area contributed by atoms with E-state index in [4.69, 9.17) is 4.74 Å². The van der Waals surface area contributed by atoms with Gasteiger partial charge in [0.05, 0.1) is 12.9 Å². The Kier molecular flexibility index (Phi) is 10.5. The number of H-pyrrole nitrogens is 1. The molecule has 0 bridgehead atoms. The lowest BCUT2D eigenvalue weighted by Crippen LogP contribution is -2.52. The van der Waals surface area contributed by atoms with Gasteiger partial charge < -0.3 is 30.4 Å². The summed E-state index contributed by atoms with van der Waals surface area (Å²) in [5, 5.41) is 14.7. The maximum absolute atomic E-state index is 13.8. The van der Waals surface area contributed by atoms with E-state index >= 15 is 0 Å². The maximum Gasteiger partial charge on any atom is 0.405 e. The summed E-state index contributed by atoms with van der Waals surface area (Å²) in [7, 11) is 0. The van der Waals surface area contributed by atoms with Crippen LogP contribution in [0.15, 0.2) is 97.5 Å². The quantitative estimate of drug-likeness (QED) is 0.175. The monoisotopic (exact) mass is 583 g/mol. The van der Waals surface area contributed by atoms with E-state index in [2.05, 4.69) is 20.6 Å². The number of aromatic amines is 1. The van der Waals surface area contributed by atoms with Gasteiger partial charge in [0, 0.05) is 36.8 Å². The van der Waals surface area contributed by atoms with Crippen LogP contribution in [0.2, 0.25) is 0 Å². The van der Waals surface area contributed by atoms with Crippen molar-refractivity contribution in [3.05, 3.63) is 120 Å². The SMILES string of the molecule is CC(C)(CNC(=O)CN(Cc1ccc(OCc2ccccc2)cc1)C(=O)C(Cc1cnc[nH]1)NC(=O)O)c1ccccc1. The molecule has 3 amide bonds. The number of aromatic nitrogens is 2. The molecule has 4 N–H and O–H groups in total. The first-order chi connectivity index (χ1) is 20.7. The average Bonchev–Trinajstić information content (AvgIpc) is 3.53. The normalized spacial score (nSPS) is 11.8. The van der Waals surface area contributed by atoms with Crippen LogP contribution in [-0.4, -0.2) is 57.0 Å². The molecule has 0 fully saturated rings. The highest BCUT2D eigenvalue weighted by Gasteiger charge is 2.29. The van der Waals surface area contributed by atoms with Crippen LogP contribution >= 0.6 is 0 Å². The Morgan fingerprint density at radius 1 is 0.953 bits per heavy atom. The van der Waals surface area contributed by atoms with Crippen LogP contribution < -0.4 is 15.4 Å². The number of ether oxygens (including phenoxy) is 1. The van der Waals surface area contributed by atoms with E-state index in [9.17, 15) is 19.5 Å². The molecule has 0 aliphatic carbocycles. The molecule has 10 nitrogen and oxygen atoms in total. The standard InChI is InChI=1S/C33H37N5O5/c1-33(2,26-11-7-4-8-12-26)22-35-30(39)20-38(31(40)29(37-32(41)42)17-27-18-34-23-36-27)19-24-13-15-28(16-14-24)43-21-25-9-5-3-6-10-25/h3-16,18,23,29,37H,17,19-22H2,1-2H3,(H,34,36)(H,35,39)(H,41,42). The molecule has 0 radical (unpaired) electrons. The Hall–Kier alpha value is -5.12. The molecule has 4 rings (SSSR count). The van der Waals surface area contributed by atoms with Gasteiger partial charge in [-0.2, -0.15) is 0 Å². The third kappa shape index (κ3) is 9.46. The van der Waals surface area contributed by atoms with Gasteiger partial charge in [-0.1, -0.05) is 86.6 Å². The van der Waals surface area contributed by atoms with Crippen LogP contribution in [0.4, 0.5) is 4.79 Å². The highest BCUT2D eigenvalue weighted by atomic mass is 16.5. The second-order valence-corrected chi connectivity index (χ2v) is 10.9. The molecular formula is C33H37N5O5. The topological polar surface area (TPSA) is 137 Å². The van der Waals surface area contributed by atoms with E-state index in [1.807, 2.05) is 86.6 Å². The van der Waals surface area contributed by atoms with Crippen molar-refractivity contribution in [1.82, 2.24) is 25.5 Å². The van der Waals surface area contributed by atoms with Gasteiger partial charge in [-0.05, 0) is 28.8 Å². The molecule has 1 heterocycles. The molecule has 1 aromatic heterocycles. The molecule has 0 saturated heterocycles. The van der Waals surface area contributed by atoms with Gasteiger partial charge >= 0.3 is 6.09 Å². The van der Waals surface area contributed by atoms with Crippen LogP contribution in [0.25, 0.3) is 0 Å². The molecule has 0 aliphatic heterocycles. The van der Waals surface area contributed by atoms with E-state index in [0.29, 0.717) is 24.6 Å². The van der Waals surface area contributed by atoms with Gasteiger partial charge in [-0.25, -0.2) is 9.78 Å². The molecule has 43 heavy (non-hydrogen) atoms. The van der Waals surface area contributed by atoms with E-state index in [-0.39, 0.29) is 30.8 Å². The first-order valence-electron chi connectivity index (χ1n) is 14.0. The van der Waals surface area contributed by atoms with E-state index in [0.717, 1.165) is 16.7 Å². The first-order valence-corrected chi connectivity index (χ1v) is 14.0. The number of hydrogen-bond acceptors (Lipinski definition) is 5. The number of rotatable bonds is 14. The molecule has 0 saturated carbocycles. The van der Waals surface area contributed by atoms with Crippen LogP contribution in [-0.2, 0) is 34.6 Å². The van der Waals surface area contributed by atoms with Crippen molar-refractivity contribution in [3.8, 4) is 5.75 Å². The fraction of sp³-hybridized carbons (Fsp3) is 0.273. The number of carbonyl (C=O) groups is 3. The summed E-state index contributed by atoms with van der Waals surface area (Å²) < 4.78 is 5.88. The highest BCUT2D eigenvalue weighted by molar-refractivity contribution is 5.89. The van der Waals surface area contributed by atoms with E-state index < -0.39 is 18.0 Å². The minimum absolute atomic E-state index is 0.0521. The fourth-order valence-corrected chi connectivity index (χ4v) is 4.59. The number of nitrogens with one attached hydrogen (secondary N) is 3. The van der Waals surface area contributed by atoms with Gasteiger partial charge in [-0.15, -0.1) is 0 Å². The van der Waals surface area contributed by atoms with Gasteiger partial charge in [0.25, 0.3) is 0 Å². The third-order valence-corrected chi connectivity index (χ3v) is 7.05. The summed E-state index contributed by atoms with van der Waals surface area (Å²) in [6.45, 7) is 4.68. The molecule has 4 aromatic rings. The predicted molar refractivity (Wildman–Crippen MR) is 162 cm³/mol. The summed E-state index contributed by atoms with van der Waals surface area (Å²) >= 11 is 0. The van der Waals surface area contributed by atoms with Crippen molar-refractivity contribution in [2.24, 2.45) is 0 Å². The van der Waals surface area contributed by atoms with Crippen molar-refractivity contribution in [2.45, 2.75) is 44.9 Å². The molecule has 0 spiro atoms. The Labute approximate surface area is 251 Å². The van der Waals surface area contributed by atoms with Crippen LogP contribution in [0.1, 0.15) is 36.2 Å². The lowest BCUT2D eigenvalue weighted by atomic mass is 9.84. The fourth-order valence-electron chi connectivity index (χ4n) is 4.59.